The van der Waals surface area contributed by atoms with E-state index >= 15 is 0 Å². The van der Waals surface area contributed by atoms with Gasteiger partial charge in [-0.25, -0.2) is 8.42 Å². The van der Waals surface area contributed by atoms with E-state index in [1.807, 2.05) is 0 Å². The van der Waals surface area contributed by atoms with Crippen molar-refractivity contribution >= 4 is 15.5 Å². The highest BCUT2D eigenvalue weighted by atomic mass is 32.2. The minimum atomic E-state index is -3.58. The number of sulfone groups is 1. The number of rotatable bonds is 9. The SMILES string of the molecule is CCN(CC)CCOC(C)(C)S(=O)(=O)c1ccc(NN)cc1. The molecule has 3 N–H and O–H groups in total. The first-order valence-corrected chi connectivity index (χ1v) is 8.94. The second kappa shape index (κ2) is 7.92. The molecule has 126 valence electrons. The summed E-state index contributed by atoms with van der Waals surface area (Å²) in [6, 6.07) is 6.30. The predicted molar refractivity (Wildman–Crippen MR) is 89.3 cm³/mol. The first kappa shape index (κ1) is 18.9. The van der Waals surface area contributed by atoms with Gasteiger partial charge in [-0.2, -0.15) is 0 Å². The molecule has 6 nitrogen and oxygen atoms in total. The lowest BCUT2D eigenvalue weighted by atomic mass is 10.3. The quantitative estimate of drug-likeness (QED) is 0.531. The molecule has 1 rings (SSSR count). The Kier molecular flexibility index (Phi) is 6.80. The summed E-state index contributed by atoms with van der Waals surface area (Å²) in [7, 11) is -3.58. The number of nitrogens with zero attached hydrogens (tertiary/aromatic N) is 1. The van der Waals surface area contributed by atoms with Gasteiger partial charge < -0.3 is 15.1 Å². The van der Waals surface area contributed by atoms with Gasteiger partial charge in [0.05, 0.1) is 11.5 Å². The molecule has 0 aliphatic rings. The van der Waals surface area contributed by atoms with Crippen molar-refractivity contribution in [2.75, 3.05) is 31.7 Å². The number of nitrogens with two attached hydrogens (primary N) is 1. The van der Waals surface area contributed by atoms with Gasteiger partial charge in [-0.3, -0.25) is 5.84 Å². The van der Waals surface area contributed by atoms with Crippen molar-refractivity contribution in [2.24, 2.45) is 5.84 Å². The van der Waals surface area contributed by atoms with Crippen molar-refractivity contribution in [3.8, 4) is 0 Å². The topological polar surface area (TPSA) is 84.7 Å². The molecule has 0 saturated carbocycles. The zero-order valence-corrected chi connectivity index (χ0v) is 14.6. The van der Waals surface area contributed by atoms with Crippen LogP contribution >= 0.6 is 0 Å². The van der Waals surface area contributed by atoms with Crippen LogP contribution in [0.4, 0.5) is 5.69 Å². The number of nitrogen functional groups attached to an aromatic ring is 1. The number of hydrogen-bond donors (Lipinski definition) is 2. The van der Waals surface area contributed by atoms with E-state index in [4.69, 9.17) is 10.6 Å². The average Bonchev–Trinajstić information content (AvgIpc) is 2.51. The number of benzene rings is 1. The molecule has 0 aromatic heterocycles. The Morgan fingerprint density at radius 2 is 1.73 bits per heavy atom. The van der Waals surface area contributed by atoms with Gasteiger partial charge in [0, 0.05) is 12.2 Å². The van der Waals surface area contributed by atoms with Gasteiger partial charge in [0.2, 0.25) is 9.84 Å². The minimum Gasteiger partial charge on any atom is -0.358 e. The molecule has 0 atom stereocenters. The van der Waals surface area contributed by atoms with Crippen molar-refractivity contribution in [1.29, 1.82) is 0 Å². The summed E-state index contributed by atoms with van der Waals surface area (Å²) in [5.41, 5.74) is 3.12. The zero-order chi connectivity index (χ0) is 16.8. The van der Waals surface area contributed by atoms with Crippen LogP contribution in [0.25, 0.3) is 0 Å². The molecule has 0 unspecified atom stereocenters. The van der Waals surface area contributed by atoms with Crippen LogP contribution in [0.15, 0.2) is 29.2 Å². The third kappa shape index (κ3) is 4.42. The molecule has 0 amide bonds. The molecule has 1 aromatic carbocycles. The molecule has 0 radical (unpaired) electrons. The van der Waals surface area contributed by atoms with Crippen LogP contribution in [0.1, 0.15) is 27.7 Å². The maximum atomic E-state index is 12.7. The molecule has 22 heavy (non-hydrogen) atoms. The number of hydrazine groups is 1. The predicted octanol–water partition coefficient (Wildman–Crippen LogP) is 1.84. The van der Waals surface area contributed by atoms with E-state index in [-0.39, 0.29) is 4.90 Å². The molecule has 0 saturated heterocycles. The smallest absolute Gasteiger partial charge is 0.207 e. The summed E-state index contributed by atoms with van der Waals surface area (Å²) in [6.07, 6.45) is 0. The van der Waals surface area contributed by atoms with Crippen molar-refractivity contribution < 1.29 is 13.2 Å². The molecule has 0 aliphatic heterocycles. The fraction of sp³-hybridized carbons (Fsp3) is 0.600. The van der Waals surface area contributed by atoms with Crippen molar-refractivity contribution in [3.63, 3.8) is 0 Å². The number of ether oxygens (including phenoxy) is 1. The van der Waals surface area contributed by atoms with E-state index in [9.17, 15) is 8.42 Å². The summed E-state index contributed by atoms with van der Waals surface area (Å²) in [5.74, 6) is 5.29. The summed E-state index contributed by atoms with van der Waals surface area (Å²) in [4.78, 5) is 1.13. The molecular weight excluding hydrogens is 302 g/mol. The second-order valence-electron chi connectivity index (χ2n) is 5.45. The monoisotopic (exact) mass is 329 g/mol. The van der Waals surface area contributed by atoms with Crippen molar-refractivity contribution in [1.82, 2.24) is 4.90 Å². The lowest BCUT2D eigenvalue weighted by Crippen LogP contribution is -2.38. The molecule has 0 bridgehead atoms. The Labute approximate surface area is 133 Å². The maximum absolute atomic E-state index is 12.7. The highest BCUT2D eigenvalue weighted by Crippen LogP contribution is 2.27. The summed E-state index contributed by atoms with van der Waals surface area (Å²) in [6.45, 7) is 10.2. The van der Waals surface area contributed by atoms with Gasteiger partial charge in [0.15, 0.2) is 4.93 Å². The van der Waals surface area contributed by atoms with E-state index in [0.29, 0.717) is 18.8 Å². The highest BCUT2D eigenvalue weighted by Gasteiger charge is 2.36. The Bertz CT molecular complexity index is 552. The summed E-state index contributed by atoms with van der Waals surface area (Å²) < 4.78 is 31.0. The van der Waals surface area contributed by atoms with Gasteiger partial charge in [-0.1, -0.05) is 13.8 Å². The molecular formula is C15H27N3O3S. The fourth-order valence-corrected chi connectivity index (χ4v) is 3.35. The second-order valence-corrected chi connectivity index (χ2v) is 7.91. The summed E-state index contributed by atoms with van der Waals surface area (Å²) >= 11 is 0. The molecule has 1 aromatic rings. The molecule has 0 fully saturated rings. The lowest BCUT2D eigenvalue weighted by Gasteiger charge is -2.27. The molecule has 7 heteroatoms. The Morgan fingerprint density at radius 1 is 1.18 bits per heavy atom. The zero-order valence-electron chi connectivity index (χ0n) is 13.8. The van der Waals surface area contributed by atoms with Crippen molar-refractivity contribution in [3.05, 3.63) is 24.3 Å². The Balaban J connectivity index is 2.80. The largest absolute Gasteiger partial charge is 0.358 e. The highest BCUT2D eigenvalue weighted by molar-refractivity contribution is 7.92. The maximum Gasteiger partial charge on any atom is 0.207 e. The van der Waals surface area contributed by atoms with E-state index in [2.05, 4.69) is 24.2 Å². The Morgan fingerprint density at radius 3 is 2.18 bits per heavy atom. The van der Waals surface area contributed by atoms with Gasteiger partial charge in [-0.15, -0.1) is 0 Å². The van der Waals surface area contributed by atoms with Gasteiger partial charge in [0.1, 0.15) is 0 Å². The van der Waals surface area contributed by atoms with E-state index in [0.717, 1.165) is 13.1 Å². The van der Waals surface area contributed by atoms with Crippen LogP contribution in [-0.4, -0.2) is 44.5 Å². The van der Waals surface area contributed by atoms with Gasteiger partial charge in [0.25, 0.3) is 0 Å². The number of nitrogens with one attached hydrogen (secondary N) is 1. The standard InChI is InChI=1S/C15H27N3O3S/c1-5-18(6-2)11-12-21-15(3,4)22(19,20)14-9-7-13(17-16)8-10-14/h7-10,17H,5-6,11-12,16H2,1-4H3. The number of likely N-dealkylation sites (N-methyl/N-ethyl adjacent to an activating group) is 1. The van der Waals surface area contributed by atoms with Crippen LogP contribution < -0.4 is 11.3 Å². The van der Waals surface area contributed by atoms with E-state index in [1.54, 1.807) is 26.0 Å². The molecule has 0 spiro atoms. The fourth-order valence-electron chi connectivity index (χ4n) is 2.05. The summed E-state index contributed by atoms with van der Waals surface area (Å²) in [5, 5.41) is 0. The lowest BCUT2D eigenvalue weighted by molar-refractivity contribution is 0.0308. The normalized spacial score (nSPS) is 12.6. The molecule has 0 heterocycles. The first-order chi connectivity index (χ1) is 10.3. The minimum absolute atomic E-state index is 0.222. The third-order valence-electron chi connectivity index (χ3n) is 3.73. The van der Waals surface area contributed by atoms with Crippen LogP contribution in [0.2, 0.25) is 0 Å². The van der Waals surface area contributed by atoms with Crippen molar-refractivity contribution in [2.45, 2.75) is 37.5 Å². The average molecular weight is 329 g/mol. The van der Waals surface area contributed by atoms with E-state index < -0.39 is 14.8 Å². The third-order valence-corrected chi connectivity index (χ3v) is 6.04. The molecule has 0 aliphatic carbocycles. The van der Waals surface area contributed by atoms with Crippen LogP contribution in [0.5, 0.6) is 0 Å². The Hall–Kier alpha value is -1.15. The van der Waals surface area contributed by atoms with Crippen LogP contribution in [-0.2, 0) is 14.6 Å². The van der Waals surface area contributed by atoms with E-state index in [1.165, 1.54) is 12.1 Å². The van der Waals surface area contributed by atoms with Crippen LogP contribution in [0.3, 0.4) is 0 Å². The van der Waals surface area contributed by atoms with Gasteiger partial charge in [-0.05, 0) is 51.2 Å². The number of anilines is 1. The van der Waals surface area contributed by atoms with Crippen LogP contribution in [0, 0.1) is 0 Å². The number of hydrogen-bond acceptors (Lipinski definition) is 6. The first-order valence-electron chi connectivity index (χ1n) is 7.46. The van der Waals surface area contributed by atoms with Gasteiger partial charge >= 0.3 is 0 Å².